The summed E-state index contributed by atoms with van der Waals surface area (Å²) in [6.45, 7) is 3.64. The molecule has 0 fully saturated rings. The van der Waals surface area contributed by atoms with Gasteiger partial charge in [0.25, 0.3) is 0 Å². The topological polar surface area (TPSA) is 61.8 Å². The molecule has 102 valence electrons. The van der Waals surface area contributed by atoms with Crippen molar-refractivity contribution in [1.82, 2.24) is 0 Å². The third kappa shape index (κ3) is 3.05. The Morgan fingerprint density at radius 3 is 2.84 bits per heavy atom. The molecule has 1 atom stereocenters. The van der Waals surface area contributed by atoms with Crippen LogP contribution in [0.2, 0.25) is 0 Å². The number of benzene rings is 1. The summed E-state index contributed by atoms with van der Waals surface area (Å²) < 4.78 is 15.6. The maximum atomic E-state index is 11.8. The van der Waals surface area contributed by atoms with Crippen molar-refractivity contribution >= 4 is 11.9 Å². The van der Waals surface area contributed by atoms with Crippen LogP contribution in [0.4, 0.5) is 0 Å². The van der Waals surface area contributed by atoms with Crippen LogP contribution in [0.25, 0.3) is 0 Å². The third-order valence-electron chi connectivity index (χ3n) is 2.83. The molecule has 0 radical (unpaired) electrons. The standard InChI is InChI=1S/C14H16O5/c1-3-17-14(16)11-5-4-6-13-12(11)7-10(19-13)8-18-9(2)15/h4-6,10H,3,7-8H2,1-2H3. The van der Waals surface area contributed by atoms with Gasteiger partial charge in [-0.2, -0.15) is 0 Å². The molecule has 0 spiro atoms. The van der Waals surface area contributed by atoms with E-state index in [0.717, 1.165) is 5.56 Å². The van der Waals surface area contributed by atoms with Gasteiger partial charge >= 0.3 is 11.9 Å². The molecule has 0 aromatic heterocycles. The first kappa shape index (κ1) is 13.4. The fraction of sp³-hybridized carbons (Fsp3) is 0.429. The lowest BCUT2D eigenvalue weighted by Crippen LogP contribution is -2.22. The average molecular weight is 264 g/mol. The quantitative estimate of drug-likeness (QED) is 0.775. The van der Waals surface area contributed by atoms with E-state index in [1.54, 1.807) is 25.1 Å². The molecule has 0 saturated carbocycles. The van der Waals surface area contributed by atoms with Crippen LogP contribution in [-0.2, 0) is 20.7 Å². The number of hydrogen-bond acceptors (Lipinski definition) is 5. The van der Waals surface area contributed by atoms with Gasteiger partial charge in [-0.3, -0.25) is 4.79 Å². The Morgan fingerprint density at radius 1 is 1.37 bits per heavy atom. The van der Waals surface area contributed by atoms with E-state index in [-0.39, 0.29) is 24.6 Å². The molecule has 1 heterocycles. The van der Waals surface area contributed by atoms with E-state index in [0.29, 0.717) is 24.3 Å². The molecule has 0 aliphatic carbocycles. The number of carbonyl (C=O) groups is 2. The van der Waals surface area contributed by atoms with Crippen molar-refractivity contribution in [2.75, 3.05) is 13.2 Å². The summed E-state index contributed by atoms with van der Waals surface area (Å²) in [5.74, 6) is -0.0380. The van der Waals surface area contributed by atoms with Crippen molar-refractivity contribution in [1.29, 1.82) is 0 Å². The van der Waals surface area contributed by atoms with Crippen molar-refractivity contribution < 1.29 is 23.8 Å². The summed E-state index contributed by atoms with van der Waals surface area (Å²) in [7, 11) is 0. The number of rotatable bonds is 4. The Bertz CT molecular complexity index is 495. The van der Waals surface area contributed by atoms with E-state index >= 15 is 0 Å². The van der Waals surface area contributed by atoms with Crippen LogP contribution in [0.3, 0.4) is 0 Å². The summed E-state index contributed by atoms with van der Waals surface area (Å²) in [6.07, 6.45) is 0.298. The highest BCUT2D eigenvalue weighted by atomic mass is 16.6. The molecule has 0 N–H and O–H groups in total. The second kappa shape index (κ2) is 5.73. The van der Waals surface area contributed by atoms with Gasteiger partial charge in [0.1, 0.15) is 18.5 Å². The highest BCUT2D eigenvalue weighted by Gasteiger charge is 2.28. The molecule has 5 heteroatoms. The third-order valence-corrected chi connectivity index (χ3v) is 2.83. The van der Waals surface area contributed by atoms with E-state index in [9.17, 15) is 9.59 Å². The highest BCUT2D eigenvalue weighted by Crippen LogP contribution is 2.32. The minimum atomic E-state index is -0.351. The second-order valence-electron chi connectivity index (χ2n) is 4.25. The van der Waals surface area contributed by atoms with Crippen LogP contribution in [0.1, 0.15) is 29.8 Å². The Hall–Kier alpha value is -2.04. The lowest BCUT2D eigenvalue weighted by atomic mass is 10.0. The predicted molar refractivity (Wildman–Crippen MR) is 67.2 cm³/mol. The Balaban J connectivity index is 2.12. The summed E-state index contributed by atoms with van der Waals surface area (Å²) in [5.41, 5.74) is 1.34. The van der Waals surface area contributed by atoms with Crippen molar-refractivity contribution in [3.05, 3.63) is 29.3 Å². The number of esters is 2. The van der Waals surface area contributed by atoms with Crippen LogP contribution in [0, 0.1) is 0 Å². The summed E-state index contributed by atoms with van der Waals surface area (Å²) in [6, 6.07) is 5.26. The minimum absolute atomic E-state index is 0.187. The van der Waals surface area contributed by atoms with E-state index in [4.69, 9.17) is 14.2 Å². The van der Waals surface area contributed by atoms with Crippen molar-refractivity contribution in [2.24, 2.45) is 0 Å². The average Bonchev–Trinajstić information content (AvgIpc) is 2.79. The molecule has 19 heavy (non-hydrogen) atoms. The van der Waals surface area contributed by atoms with Crippen molar-refractivity contribution in [2.45, 2.75) is 26.4 Å². The van der Waals surface area contributed by atoms with Gasteiger partial charge in [-0.1, -0.05) is 6.07 Å². The van der Waals surface area contributed by atoms with Crippen LogP contribution in [0.5, 0.6) is 5.75 Å². The lowest BCUT2D eigenvalue weighted by Gasteiger charge is -2.09. The smallest absolute Gasteiger partial charge is 0.338 e. The zero-order valence-electron chi connectivity index (χ0n) is 11.0. The fourth-order valence-electron chi connectivity index (χ4n) is 2.04. The number of carbonyl (C=O) groups excluding carboxylic acids is 2. The Kier molecular flexibility index (Phi) is 4.04. The summed E-state index contributed by atoms with van der Waals surface area (Å²) in [4.78, 5) is 22.6. The van der Waals surface area contributed by atoms with E-state index in [1.165, 1.54) is 6.92 Å². The molecule has 0 amide bonds. The molecule has 1 aromatic rings. The molecule has 2 rings (SSSR count). The zero-order chi connectivity index (χ0) is 13.8. The first-order valence-corrected chi connectivity index (χ1v) is 6.20. The van der Waals surface area contributed by atoms with Gasteiger partial charge < -0.3 is 14.2 Å². The fourth-order valence-corrected chi connectivity index (χ4v) is 2.04. The van der Waals surface area contributed by atoms with E-state index < -0.39 is 0 Å². The SMILES string of the molecule is CCOC(=O)c1cccc2c1CC(COC(C)=O)O2. The molecule has 1 unspecified atom stereocenters. The van der Waals surface area contributed by atoms with Crippen LogP contribution >= 0.6 is 0 Å². The van der Waals surface area contributed by atoms with Gasteiger partial charge in [0.15, 0.2) is 0 Å². The first-order chi connectivity index (χ1) is 9.11. The van der Waals surface area contributed by atoms with E-state index in [2.05, 4.69) is 0 Å². The monoisotopic (exact) mass is 264 g/mol. The number of hydrogen-bond donors (Lipinski definition) is 0. The predicted octanol–water partition coefficient (Wildman–Crippen LogP) is 1.73. The van der Waals surface area contributed by atoms with Crippen molar-refractivity contribution in [3.8, 4) is 5.75 Å². The number of fused-ring (bicyclic) bond motifs is 1. The maximum Gasteiger partial charge on any atom is 0.338 e. The normalized spacial score (nSPS) is 16.4. The van der Waals surface area contributed by atoms with Crippen LogP contribution in [0.15, 0.2) is 18.2 Å². The van der Waals surface area contributed by atoms with Gasteiger partial charge in [-0.15, -0.1) is 0 Å². The molecule has 1 aliphatic heterocycles. The highest BCUT2D eigenvalue weighted by molar-refractivity contribution is 5.92. The minimum Gasteiger partial charge on any atom is -0.486 e. The van der Waals surface area contributed by atoms with Gasteiger partial charge in [0.05, 0.1) is 12.2 Å². The van der Waals surface area contributed by atoms with Gasteiger partial charge in [0.2, 0.25) is 0 Å². The number of ether oxygens (including phenoxy) is 3. The largest absolute Gasteiger partial charge is 0.486 e. The molecule has 0 saturated heterocycles. The summed E-state index contributed by atoms with van der Waals surface area (Å²) >= 11 is 0. The molecule has 0 bridgehead atoms. The lowest BCUT2D eigenvalue weighted by molar-refractivity contribution is -0.143. The van der Waals surface area contributed by atoms with Crippen molar-refractivity contribution in [3.63, 3.8) is 0 Å². The zero-order valence-corrected chi connectivity index (χ0v) is 11.0. The van der Waals surface area contributed by atoms with Crippen LogP contribution < -0.4 is 4.74 Å². The molecular weight excluding hydrogens is 248 g/mol. The van der Waals surface area contributed by atoms with Crippen LogP contribution in [-0.4, -0.2) is 31.3 Å². The van der Waals surface area contributed by atoms with E-state index in [1.807, 2.05) is 0 Å². The second-order valence-corrected chi connectivity index (χ2v) is 4.25. The van der Waals surface area contributed by atoms with Gasteiger partial charge in [-0.05, 0) is 19.1 Å². The first-order valence-electron chi connectivity index (χ1n) is 6.20. The molecular formula is C14H16O5. The van der Waals surface area contributed by atoms with Gasteiger partial charge in [0, 0.05) is 18.9 Å². The Labute approximate surface area is 111 Å². The molecule has 1 aliphatic rings. The Morgan fingerprint density at radius 2 is 2.16 bits per heavy atom. The molecule has 5 nitrogen and oxygen atoms in total. The molecule has 1 aromatic carbocycles. The maximum absolute atomic E-state index is 11.8. The summed E-state index contributed by atoms with van der Waals surface area (Å²) in [5, 5.41) is 0. The van der Waals surface area contributed by atoms with Gasteiger partial charge in [-0.25, -0.2) is 4.79 Å².